The van der Waals surface area contributed by atoms with E-state index in [-0.39, 0.29) is 37.2 Å². The molecule has 0 nitrogen and oxygen atoms in total. The molecule has 2 aromatic rings. The molecule has 2 heteroatoms. The summed E-state index contributed by atoms with van der Waals surface area (Å²) in [5, 5.41) is 0. The van der Waals surface area contributed by atoms with Crippen LogP contribution in [0.2, 0.25) is 0 Å². The summed E-state index contributed by atoms with van der Waals surface area (Å²) >= 11 is 0. The van der Waals surface area contributed by atoms with E-state index in [1.807, 2.05) is 30.3 Å². The van der Waals surface area contributed by atoms with Crippen molar-refractivity contribution in [3.8, 4) is 0 Å². The van der Waals surface area contributed by atoms with E-state index in [2.05, 4.69) is 33.8 Å². The molecule has 0 spiro atoms. The maximum absolute atomic E-state index is 2.24. The summed E-state index contributed by atoms with van der Waals surface area (Å²) in [5.74, 6) is 0. The van der Waals surface area contributed by atoms with Crippen molar-refractivity contribution in [2.45, 2.75) is 27.7 Å². The Morgan fingerprint density at radius 2 is 1.56 bits per heavy atom. The molecule has 2 aromatic carbocycles. The maximum Gasteiger partial charge on any atom is 2.00 e. The van der Waals surface area contributed by atoms with Gasteiger partial charge >= 0.3 is 26.2 Å². The molecule has 0 unspecified atom stereocenters. The van der Waals surface area contributed by atoms with Crippen LogP contribution in [0.4, 0.5) is 0 Å². The Bertz CT molecular complexity index is 332. The van der Waals surface area contributed by atoms with Crippen molar-refractivity contribution in [3.63, 3.8) is 0 Å². The van der Waals surface area contributed by atoms with Gasteiger partial charge in [-0.05, 0) is 11.0 Å². The van der Waals surface area contributed by atoms with Gasteiger partial charge in [-0.3, -0.25) is 0 Å². The van der Waals surface area contributed by atoms with E-state index < -0.39 is 0 Å². The molecular weight excluding hydrogens is 287 g/mol. The minimum Gasteiger partial charge on any atom is -0.214 e. The third-order valence-electron chi connectivity index (χ3n) is 2.73. The minimum absolute atomic E-state index is 0. The molecule has 0 heterocycles. The van der Waals surface area contributed by atoms with Gasteiger partial charge in [0, 0.05) is 0 Å². The van der Waals surface area contributed by atoms with Crippen molar-refractivity contribution >= 4 is 11.0 Å². The Balaban J connectivity index is 0. The van der Waals surface area contributed by atoms with Crippen molar-refractivity contribution in [2.75, 3.05) is 0 Å². The van der Waals surface area contributed by atoms with Crippen LogP contribution in [0.5, 0.6) is 0 Å². The summed E-state index contributed by atoms with van der Waals surface area (Å²) in [4.78, 5) is 0. The van der Waals surface area contributed by atoms with E-state index in [9.17, 15) is 0 Å². The molecule has 16 heavy (non-hydrogen) atoms. The standard InChI is InChI=1S/C9H13.C5H5.H3Si.Zr/c1-6-5-7(2)9(4)8(6)3;1-2-4-5-3-1;;/h5H,1-4H3;1-5H;1H3;/q2*-1;;+2. The first kappa shape index (κ1) is 18.2. The summed E-state index contributed by atoms with van der Waals surface area (Å²) in [6.07, 6.45) is 0. The van der Waals surface area contributed by atoms with Crippen LogP contribution in [-0.4, -0.2) is 11.0 Å². The summed E-state index contributed by atoms with van der Waals surface area (Å²) in [7, 11) is 0. The van der Waals surface area contributed by atoms with Gasteiger partial charge in [-0.15, -0.1) is 0 Å². The maximum atomic E-state index is 2.24. The largest absolute Gasteiger partial charge is 2.00 e. The zero-order chi connectivity index (χ0) is 10.6. The van der Waals surface area contributed by atoms with Crippen LogP contribution in [0.1, 0.15) is 22.3 Å². The molecule has 0 saturated heterocycles. The zero-order valence-electron chi connectivity index (χ0n) is 11.0. The predicted octanol–water partition coefficient (Wildman–Crippen LogP) is 2.86. The molecule has 85 valence electrons. The van der Waals surface area contributed by atoms with Gasteiger partial charge in [-0.2, -0.15) is 46.5 Å². The molecule has 0 N–H and O–H groups in total. The molecule has 0 aliphatic carbocycles. The molecular formula is C14H21SiZr. The van der Waals surface area contributed by atoms with Crippen LogP contribution < -0.4 is 0 Å². The molecule has 0 aliphatic rings. The van der Waals surface area contributed by atoms with Gasteiger partial charge in [0.25, 0.3) is 0 Å². The first-order valence-electron chi connectivity index (χ1n) is 4.99. The summed E-state index contributed by atoms with van der Waals surface area (Å²) in [6.45, 7) is 8.68. The Labute approximate surface area is 123 Å². The molecule has 0 aliphatic heterocycles. The molecule has 0 amide bonds. The number of rotatable bonds is 0. The van der Waals surface area contributed by atoms with E-state index in [1.165, 1.54) is 22.3 Å². The van der Waals surface area contributed by atoms with Crippen LogP contribution in [0.15, 0.2) is 36.4 Å². The van der Waals surface area contributed by atoms with Gasteiger partial charge in [-0.1, -0.05) is 27.7 Å². The Morgan fingerprint density at radius 1 is 1.06 bits per heavy atom. The third kappa shape index (κ3) is 5.23. The first-order valence-corrected chi connectivity index (χ1v) is 4.99. The number of hydrogen-bond donors (Lipinski definition) is 0. The van der Waals surface area contributed by atoms with Crippen molar-refractivity contribution in [3.05, 3.63) is 58.7 Å². The molecule has 0 saturated carbocycles. The average molecular weight is 309 g/mol. The summed E-state index contributed by atoms with van der Waals surface area (Å²) in [5.41, 5.74) is 5.75. The number of hydrogen-bond acceptors (Lipinski definition) is 0. The van der Waals surface area contributed by atoms with E-state index in [4.69, 9.17) is 0 Å². The van der Waals surface area contributed by atoms with E-state index >= 15 is 0 Å². The summed E-state index contributed by atoms with van der Waals surface area (Å²) < 4.78 is 0. The molecule has 0 aromatic heterocycles. The second-order valence-electron chi connectivity index (χ2n) is 3.72. The SMILES string of the molecule is Cc1c[c-](C)c(C)c1C.[SiH3].[Zr+2].c1cc[cH-]c1. The molecule has 0 fully saturated rings. The summed E-state index contributed by atoms with van der Waals surface area (Å²) in [6, 6.07) is 12.2. The smallest absolute Gasteiger partial charge is 0.214 e. The van der Waals surface area contributed by atoms with Crippen LogP contribution >= 0.6 is 0 Å². The fourth-order valence-electron chi connectivity index (χ4n) is 1.45. The van der Waals surface area contributed by atoms with Crippen molar-refractivity contribution in [1.82, 2.24) is 0 Å². The van der Waals surface area contributed by atoms with Crippen molar-refractivity contribution in [1.29, 1.82) is 0 Å². The van der Waals surface area contributed by atoms with Crippen LogP contribution in [0.25, 0.3) is 0 Å². The average Bonchev–Trinajstić information content (AvgIpc) is 2.78. The van der Waals surface area contributed by atoms with Gasteiger partial charge in [0.2, 0.25) is 0 Å². The van der Waals surface area contributed by atoms with E-state index in [1.54, 1.807) is 0 Å². The van der Waals surface area contributed by atoms with Crippen molar-refractivity contribution < 1.29 is 26.2 Å². The van der Waals surface area contributed by atoms with E-state index in [0.29, 0.717) is 0 Å². The van der Waals surface area contributed by atoms with Gasteiger partial charge in [0.1, 0.15) is 0 Å². The van der Waals surface area contributed by atoms with Gasteiger partial charge < -0.3 is 0 Å². The van der Waals surface area contributed by atoms with Crippen LogP contribution in [-0.2, 0) is 26.2 Å². The molecule has 0 atom stereocenters. The minimum atomic E-state index is 0. The molecule has 1 radical (unpaired) electrons. The topological polar surface area (TPSA) is 0 Å². The third-order valence-corrected chi connectivity index (χ3v) is 2.73. The quantitative estimate of drug-likeness (QED) is 0.518. The first-order chi connectivity index (χ1) is 6.63. The Kier molecular flexibility index (Phi) is 10.1. The molecule has 2 rings (SSSR count). The second-order valence-corrected chi connectivity index (χ2v) is 3.72. The zero-order valence-corrected chi connectivity index (χ0v) is 15.4. The van der Waals surface area contributed by atoms with Crippen LogP contribution in [0.3, 0.4) is 0 Å². The van der Waals surface area contributed by atoms with Crippen molar-refractivity contribution in [2.24, 2.45) is 0 Å². The van der Waals surface area contributed by atoms with Gasteiger partial charge in [-0.25, -0.2) is 12.1 Å². The predicted molar refractivity (Wildman–Crippen MR) is 73.0 cm³/mol. The Hall–Kier alpha value is -0.200. The number of aryl methyl sites for hydroxylation is 2. The monoisotopic (exact) mass is 307 g/mol. The molecule has 0 bridgehead atoms. The van der Waals surface area contributed by atoms with Crippen LogP contribution in [0, 0.1) is 27.7 Å². The second kappa shape index (κ2) is 8.90. The fraction of sp³-hybridized carbons (Fsp3) is 0.286. The Morgan fingerprint density at radius 3 is 1.69 bits per heavy atom. The van der Waals surface area contributed by atoms with Gasteiger partial charge in [0.15, 0.2) is 0 Å². The van der Waals surface area contributed by atoms with Gasteiger partial charge in [0.05, 0.1) is 0 Å². The fourth-order valence-corrected chi connectivity index (χ4v) is 1.45. The normalized spacial score (nSPS) is 8.25. The van der Waals surface area contributed by atoms with E-state index in [0.717, 1.165) is 0 Å².